The minimum Gasteiger partial charge on any atom is -0.493 e. The molecule has 0 bridgehead atoms. The van der Waals surface area contributed by atoms with Crippen molar-refractivity contribution < 1.29 is 23.8 Å². The van der Waals surface area contributed by atoms with Crippen LogP contribution in [0.5, 0.6) is 17.2 Å². The Hall–Kier alpha value is -3.22. The van der Waals surface area contributed by atoms with Crippen LogP contribution >= 0.6 is 0 Å². The summed E-state index contributed by atoms with van der Waals surface area (Å²) in [5.74, 6) is 1.06. The Morgan fingerprint density at radius 1 is 0.963 bits per heavy atom. The number of carbonyl (C=O) groups excluding carboxylic acids is 2. The Morgan fingerprint density at radius 3 is 2.41 bits per heavy atom. The molecule has 3 rings (SSSR count). The van der Waals surface area contributed by atoms with Crippen LogP contribution in [0.4, 0.5) is 0 Å². The van der Waals surface area contributed by atoms with E-state index in [9.17, 15) is 9.59 Å². The van der Waals surface area contributed by atoms with Crippen LogP contribution in [0.2, 0.25) is 0 Å². The summed E-state index contributed by atoms with van der Waals surface area (Å²) in [6.45, 7) is 5.11. The highest BCUT2D eigenvalue weighted by atomic mass is 16.6. The second-order valence-electron chi connectivity index (χ2n) is 6.28. The van der Waals surface area contributed by atoms with Gasteiger partial charge in [0.1, 0.15) is 19.0 Å². The van der Waals surface area contributed by atoms with Crippen molar-refractivity contribution in [3.63, 3.8) is 0 Å². The fraction of sp³-hybridized carbons (Fsp3) is 0.300. The highest BCUT2D eigenvalue weighted by Gasteiger charge is 2.15. The number of fused-ring (bicyclic) bond motifs is 1. The van der Waals surface area contributed by atoms with E-state index < -0.39 is 5.91 Å². The Labute approximate surface area is 157 Å². The van der Waals surface area contributed by atoms with Gasteiger partial charge in [-0.1, -0.05) is 6.07 Å². The average molecular weight is 370 g/mol. The van der Waals surface area contributed by atoms with Gasteiger partial charge in [-0.05, 0) is 55.3 Å². The molecular formula is C20H22N2O5. The van der Waals surface area contributed by atoms with Gasteiger partial charge in [0.2, 0.25) is 5.91 Å². The van der Waals surface area contributed by atoms with Crippen molar-refractivity contribution in [1.82, 2.24) is 10.9 Å². The van der Waals surface area contributed by atoms with E-state index in [2.05, 4.69) is 10.9 Å². The molecule has 0 saturated heterocycles. The van der Waals surface area contributed by atoms with Gasteiger partial charge in [-0.3, -0.25) is 20.4 Å². The second-order valence-corrected chi connectivity index (χ2v) is 6.28. The van der Waals surface area contributed by atoms with E-state index in [0.29, 0.717) is 30.3 Å². The first-order valence-electron chi connectivity index (χ1n) is 8.71. The molecule has 0 spiro atoms. The van der Waals surface area contributed by atoms with E-state index in [1.807, 2.05) is 32.0 Å². The molecule has 0 aromatic heterocycles. The van der Waals surface area contributed by atoms with E-state index in [0.717, 1.165) is 16.9 Å². The number of hydrazine groups is 1. The zero-order chi connectivity index (χ0) is 19.2. The molecule has 27 heavy (non-hydrogen) atoms. The Balaban J connectivity index is 1.44. The average Bonchev–Trinajstić information content (AvgIpc) is 2.65. The molecule has 1 aliphatic rings. The molecule has 0 saturated carbocycles. The number of rotatable bonds is 5. The Bertz CT molecular complexity index is 830. The topological polar surface area (TPSA) is 85.9 Å². The minimum atomic E-state index is -0.435. The smallest absolute Gasteiger partial charge is 0.269 e. The summed E-state index contributed by atoms with van der Waals surface area (Å²) in [7, 11) is 0. The lowest BCUT2D eigenvalue weighted by molar-refractivity contribution is -0.122. The molecule has 0 radical (unpaired) electrons. The first-order chi connectivity index (χ1) is 13.0. The van der Waals surface area contributed by atoms with Crippen LogP contribution in [0, 0.1) is 13.8 Å². The molecule has 2 N–H and O–H groups in total. The van der Waals surface area contributed by atoms with E-state index in [-0.39, 0.29) is 18.9 Å². The van der Waals surface area contributed by atoms with Gasteiger partial charge < -0.3 is 14.2 Å². The van der Waals surface area contributed by atoms with Crippen LogP contribution in [-0.4, -0.2) is 31.6 Å². The summed E-state index contributed by atoms with van der Waals surface area (Å²) in [5, 5.41) is 0. The number of aryl methyl sites for hydroxylation is 2. The molecule has 0 unspecified atom stereocenters. The maximum atomic E-state index is 12.2. The zero-order valence-corrected chi connectivity index (χ0v) is 15.3. The maximum absolute atomic E-state index is 12.2. The number of amides is 2. The molecule has 0 fully saturated rings. The fourth-order valence-corrected chi connectivity index (χ4v) is 2.72. The first kappa shape index (κ1) is 18.6. The van der Waals surface area contributed by atoms with Crippen molar-refractivity contribution in [3.05, 3.63) is 53.1 Å². The number of hydrogen-bond donors (Lipinski definition) is 2. The van der Waals surface area contributed by atoms with Gasteiger partial charge in [0.05, 0.1) is 13.0 Å². The van der Waals surface area contributed by atoms with Crippen LogP contribution in [0.3, 0.4) is 0 Å². The highest BCUT2D eigenvalue weighted by molar-refractivity contribution is 5.96. The van der Waals surface area contributed by atoms with Crippen LogP contribution in [0.1, 0.15) is 27.9 Å². The summed E-state index contributed by atoms with van der Waals surface area (Å²) >= 11 is 0. The van der Waals surface area contributed by atoms with Crippen LogP contribution < -0.4 is 25.1 Å². The van der Waals surface area contributed by atoms with Gasteiger partial charge in [0.15, 0.2) is 11.5 Å². The Morgan fingerprint density at radius 2 is 1.67 bits per heavy atom. The lowest BCUT2D eigenvalue weighted by Gasteiger charge is -2.18. The number of hydrogen-bond acceptors (Lipinski definition) is 5. The van der Waals surface area contributed by atoms with E-state index in [4.69, 9.17) is 14.2 Å². The fourth-order valence-electron chi connectivity index (χ4n) is 2.72. The highest BCUT2D eigenvalue weighted by Crippen LogP contribution is 2.30. The van der Waals surface area contributed by atoms with Gasteiger partial charge in [0, 0.05) is 5.56 Å². The summed E-state index contributed by atoms with van der Waals surface area (Å²) < 4.78 is 16.4. The number of carbonyl (C=O) groups is 2. The molecule has 7 heteroatoms. The summed E-state index contributed by atoms with van der Waals surface area (Å²) in [6.07, 6.45) is 0.119. The normalized spacial score (nSPS) is 12.2. The molecule has 7 nitrogen and oxygen atoms in total. The molecule has 0 aliphatic carbocycles. The van der Waals surface area contributed by atoms with E-state index in [1.165, 1.54) is 0 Å². The standard InChI is InChI=1S/C20H22N2O5/c1-13-9-14(2)11-16(10-13)25-6-5-19(23)21-22-20(24)15-3-4-17-18(12-15)27-8-7-26-17/h3-4,9-12H,5-8H2,1-2H3,(H,21,23)(H,22,24). The minimum absolute atomic E-state index is 0.119. The van der Waals surface area contributed by atoms with Crippen molar-refractivity contribution in [2.45, 2.75) is 20.3 Å². The largest absolute Gasteiger partial charge is 0.493 e. The third-order valence-electron chi connectivity index (χ3n) is 3.91. The molecule has 2 amide bonds. The Kier molecular flexibility index (Phi) is 5.80. The van der Waals surface area contributed by atoms with Gasteiger partial charge in [-0.15, -0.1) is 0 Å². The lowest BCUT2D eigenvalue weighted by Crippen LogP contribution is -2.42. The van der Waals surface area contributed by atoms with Gasteiger partial charge in [-0.25, -0.2) is 0 Å². The molecule has 1 aliphatic heterocycles. The molecule has 1 heterocycles. The maximum Gasteiger partial charge on any atom is 0.269 e. The third kappa shape index (κ3) is 5.13. The van der Waals surface area contributed by atoms with Gasteiger partial charge in [-0.2, -0.15) is 0 Å². The van der Waals surface area contributed by atoms with Crippen molar-refractivity contribution in [2.75, 3.05) is 19.8 Å². The van der Waals surface area contributed by atoms with Crippen LogP contribution in [0.15, 0.2) is 36.4 Å². The first-order valence-corrected chi connectivity index (χ1v) is 8.71. The summed E-state index contributed by atoms with van der Waals surface area (Å²) in [5.41, 5.74) is 7.32. The van der Waals surface area contributed by atoms with Crippen LogP contribution in [0.25, 0.3) is 0 Å². The van der Waals surface area contributed by atoms with Crippen molar-refractivity contribution >= 4 is 11.8 Å². The molecular weight excluding hydrogens is 348 g/mol. The molecule has 142 valence electrons. The molecule has 2 aromatic rings. The predicted molar refractivity (Wildman–Crippen MR) is 99.1 cm³/mol. The summed E-state index contributed by atoms with van der Waals surface area (Å²) in [6, 6.07) is 10.7. The zero-order valence-electron chi connectivity index (χ0n) is 15.3. The van der Waals surface area contributed by atoms with Crippen molar-refractivity contribution in [3.8, 4) is 17.2 Å². The number of benzene rings is 2. The lowest BCUT2D eigenvalue weighted by atomic mass is 10.1. The number of nitrogens with one attached hydrogen (secondary N) is 2. The van der Waals surface area contributed by atoms with Crippen molar-refractivity contribution in [2.24, 2.45) is 0 Å². The van der Waals surface area contributed by atoms with Gasteiger partial charge in [0.25, 0.3) is 5.91 Å². The number of ether oxygens (including phenoxy) is 3. The van der Waals surface area contributed by atoms with Crippen LogP contribution in [-0.2, 0) is 4.79 Å². The SMILES string of the molecule is Cc1cc(C)cc(OCCC(=O)NNC(=O)c2ccc3c(c2)OCCO3)c1. The molecule has 2 aromatic carbocycles. The quantitative estimate of drug-likeness (QED) is 0.789. The van der Waals surface area contributed by atoms with Crippen molar-refractivity contribution in [1.29, 1.82) is 0 Å². The third-order valence-corrected chi connectivity index (χ3v) is 3.91. The second kappa shape index (κ2) is 8.44. The van der Waals surface area contributed by atoms with E-state index in [1.54, 1.807) is 18.2 Å². The molecule has 0 atom stereocenters. The predicted octanol–water partition coefficient (Wildman–Crippen LogP) is 2.30. The van der Waals surface area contributed by atoms with E-state index >= 15 is 0 Å². The monoisotopic (exact) mass is 370 g/mol. The summed E-state index contributed by atoms with van der Waals surface area (Å²) in [4.78, 5) is 24.0. The van der Waals surface area contributed by atoms with Gasteiger partial charge >= 0.3 is 0 Å².